The molecule has 2 aliphatic heterocycles. The molecule has 2 atom stereocenters. The molecule has 210 valence electrons. The summed E-state index contributed by atoms with van der Waals surface area (Å²) in [6.45, 7) is 1.87. The van der Waals surface area contributed by atoms with Gasteiger partial charge in [-0.15, -0.1) is 0 Å². The van der Waals surface area contributed by atoms with E-state index < -0.39 is 11.6 Å². The second kappa shape index (κ2) is 12.9. The van der Waals surface area contributed by atoms with E-state index in [2.05, 4.69) is 15.9 Å². The molecule has 0 aromatic heterocycles. The fourth-order valence-electron chi connectivity index (χ4n) is 5.24. The molecule has 3 aromatic carbocycles. The lowest BCUT2D eigenvalue weighted by molar-refractivity contribution is -0.140. The van der Waals surface area contributed by atoms with Gasteiger partial charge in [0.25, 0.3) is 5.91 Å². The van der Waals surface area contributed by atoms with Gasteiger partial charge in [-0.3, -0.25) is 4.79 Å². The maximum atomic E-state index is 14.6. The van der Waals surface area contributed by atoms with Gasteiger partial charge >= 0.3 is 0 Å². The third kappa shape index (κ3) is 6.33. The Morgan fingerprint density at radius 3 is 2.45 bits per heavy atom. The first-order valence-corrected chi connectivity index (χ1v) is 15.0. The number of benzene rings is 3. The SMILES string of the molecule is O=C(N1CCCCC1)[C@]1(Cc2ccc(Br)cc2)N=C(c2ccc(OCCCO)cc2)O[C@@H]1c1ccc(Cl)cc1Cl. The first kappa shape index (κ1) is 28.9. The predicted octanol–water partition coefficient (Wildman–Crippen LogP) is 7.03. The van der Waals surface area contributed by atoms with Crippen LogP contribution in [0.5, 0.6) is 5.75 Å². The number of aliphatic hydroxyl groups excluding tert-OH is 1. The summed E-state index contributed by atoms with van der Waals surface area (Å²) >= 11 is 16.5. The Bertz CT molecular complexity index is 1360. The summed E-state index contributed by atoms with van der Waals surface area (Å²) in [6, 6.07) is 20.6. The molecule has 1 fully saturated rings. The van der Waals surface area contributed by atoms with Crippen LogP contribution in [0, 0.1) is 0 Å². The van der Waals surface area contributed by atoms with Crippen LogP contribution in [-0.4, -0.2) is 53.7 Å². The zero-order chi connectivity index (χ0) is 28.1. The summed E-state index contributed by atoms with van der Waals surface area (Å²) in [5.41, 5.74) is 1.09. The van der Waals surface area contributed by atoms with E-state index in [0.29, 0.717) is 59.8 Å². The van der Waals surface area contributed by atoms with Crippen molar-refractivity contribution in [1.29, 1.82) is 0 Å². The number of ether oxygens (including phenoxy) is 2. The third-order valence-corrected chi connectivity index (χ3v) is 8.37. The summed E-state index contributed by atoms with van der Waals surface area (Å²) in [7, 11) is 0. The van der Waals surface area contributed by atoms with Crippen molar-refractivity contribution in [3.8, 4) is 5.75 Å². The molecule has 0 saturated carbocycles. The Kier molecular flexibility index (Phi) is 9.36. The highest BCUT2D eigenvalue weighted by molar-refractivity contribution is 9.10. The van der Waals surface area contributed by atoms with Crippen LogP contribution in [0.4, 0.5) is 0 Å². The van der Waals surface area contributed by atoms with Gasteiger partial charge in [-0.25, -0.2) is 4.99 Å². The van der Waals surface area contributed by atoms with E-state index in [-0.39, 0.29) is 12.5 Å². The molecular weight excluding hydrogens is 615 g/mol. The predicted molar refractivity (Wildman–Crippen MR) is 161 cm³/mol. The van der Waals surface area contributed by atoms with Crippen molar-refractivity contribution in [3.63, 3.8) is 0 Å². The number of aliphatic imine (C=N–C) groups is 1. The molecule has 3 aromatic rings. The molecule has 6 nitrogen and oxygen atoms in total. The van der Waals surface area contributed by atoms with Crippen molar-refractivity contribution >= 4 is 50.9 Å². The summed E-state index contributed by atoms with van der Waals surface area (Å²) in [4.78, 5) is 21.6. The molecule has 1 N–H and O–H groups in total. The van der Waals surface area contributed by atoms with Gasteiger partial charge in [0.15, 0.2) is 11.6 Å². The molecule has 0 radical (unpaired) electrons. The second-order valence-corrected chi connectivity index (χ2v) is 11.9. The topological polar surface area (TPSA) is 71.4 Å². The van der Waals surface area contributed by atoms with Gasteiger partial charge in [0.2, 0.25) is 5.90 Å². The smallest absolute Gasteiger partial charge is 0.255 e. The number of carbonyl (C=O) groups excluding carboxylic acids is 1. The molecule has 1 amide bonds. The van der Waals surface area contributed by atoms with Crippen LogP contribution in [0.2, 0.25) is 10.0 Å². The molecular formula is C31H31BrCl2N2O4. The molecule has 0 aliphatic carbocycles. The normalized spacial score (nSPS) is 20.6. The van der Waals surface area contributed by atoms with Crippen molar-refractivity contribution < 1.29 is 19.4 Å². The van der Waals surface area contributed by atoms with Gasteiger partial charge in [-0.05, 0) is 73.4 Å². The fourth-order valence-corrected chi connectivity index (χ4v) is 6.02. The lowest BCUT2D eigenvalue weighted by Crippen LogP contribution is -2.53. The largest absolute Gasteiger partial charge is 0.494 e. The Labute approximate surface area is 253 Å². The Hall–Kier alpha value is -2.58. The molecule has 2 aliphatic rings. The standard InChI is InChI=1S/C31H31BrCl2N2O4/c32-23-9-5-21(6-10-23)20-31(30(38)36-15-2-1-3-16-36)28(26-14-11-24(33)19-27(26)34)40-29(35-31)22-7-12-25(13-8-22)39-18-4-17-37/h5-14,19,28,37H,1-4,15-18,20H2/t28-,31-/m1/s1. The van der Waals surface area contributed by atoms with Crippen molar-refractivity contribution in [2.24, 2.45) is 4.99 Å². The van der Waals surface area contributed by atoms with E-state index in [9.17, 15) is 4.79 Å². The van der Waals surface area contributed by atoms with E-state index in [1.165, 1.54) is 0 Å². The van der Waals surface area contributed by atoms with Crippen LogP contribution >= 0.6 is 39.1 Å². The van der Waals surface area contributed by atoms with Crippen molar-refractivity contribution in [1.82, 2.24) is 4.90 Å². The van der Waals surface area contributed by atoms with Crippen LogP contribution in [0.3, 0.4) is 0 Å². The first-order chi connectivity index (χ1) is 19.4. The van der Waals surface area contributed by atoms with E-state index in [0.717, 1.165) is 34.9 Å². The number of likely N-dealkylation sites (tertiary alicyclic amines) is 1. The van der Waals surface area contributed by atoms with Gasteiger partial charge in [-0.2, -0.15) is 0 Å². The summed E-state index contributed by atoms with van der Waals surface area (Å²) in [6.07, 6.45) is 3.16. The highest BCUT2D eigenvalue weighted by Gasteiger charge is 2.55. The molecule has 0 spiro atoms. The minimum Gasteiger partial charge on any atom is -0.494 e. The van der Waals surface area contributed by atoms with Crippen LogP contribution < -0.4 is 4.74 Å². The monoisotopic (exact) mass is 644 g/mol. The van der Waals surface area contributed by atoms with Crippen LogP contribution in [-0.2, 0) is 16.0 Å². The molecule has 0 unspecified atom stereocenters. The number of hydrogen-bond acceptors (Lipinski definition) is 5. The molecule has 2 heterocycles. The number of piperidine rings is 1. The molecule has 0 bridgehead atoms. The number of carbonyl (C=O) groups is 1. The highest BCUT2D eigenvalue weighted by atomic mass is 79.9. The Balaban J connectivity index is 1.60. The maximum absolute atomic E-state index is 14.6. The average Bonchev–Trinajstić information content (AvgIpc) is 3.34. The van der Waals surface area contributed by atoms with E-state index >= 15 is 0 Å². The van der Waals surface area contributed by atoms with Gasteiger partial charge in [-0.1, -0.05) is 57.3 Å². The summed E-state index contributed by atoms with van der Waals surface area (Å²) in [5.74, 6) is 0.990. The zero-order valence-electron chi connectivity index (χ0n) is 22.0. The van der Waals surface area contributed by atoms with E-state index in [4.69, 9.17) is 42.8 Å². The maximum Gasteiger partial charge on any atom is 0.255 e. The number of aliphatic hydroxyl groups is 1. The van der Waals surface area contributed by atoms with Gasteiger partial charge in [0, 0.05) is 58.2 Å². The molecule has 9 heteroatoms. The number of nitrogens with zero attached hydrogens (tertiary/aromatic N) is 2. The Morgan fingerprint density at radius 2 is 1.77 bits per heavy atom. The summed E-state index contributed by atoms with van der Waals surface area (Å²) in [5, 5.41) is 9.96. The van der Waals surface area contributed by atoms with Gasteiger partial charge in [0.05, 0.1) is 6.61 Å². The number of rotatable bonds is 9. The van der Waals surface area contributed by atoms with E-state index in [1.807, 2.05) is 59.5 Å². The number of hydrogen-bond donors (Lipinski definition) is 1. The molecule has 5 rings (SSSR count). The minimum atomic E-state index is -1.27. The van der Waals surface area contributed by atoms with Crippen LogP contribution in [0.25, 0.3) is 0 Å². The van der Waals surface area contributed by atoms with E-state index in [1.54, 1.807) is 12.1 Å². The van der Waals surface area contributed by atoms with Crippen molar-refractivity contribution in [2.45, 2.75) is 43.7 Å². The average molecular weight is 646 g/mol. The highest BCUT2D eigenvalue weighted by Crippen LogP contribution is 2.46. The van der Waals surface area contributed by atoms with Gasteiger partial charge < -0.3 is 19.5 Å². The quantitative estimate of drug-likeness (QED) is 0.254. The minimum absolute atomic E-state index is 0.0647. The van der Waals surface area contributed by atoms with Crippen molar-refractivity contribution in [2.75, 3.05) is 26.3 Å². The zero-order valence-corrected chi connectivity index (χ0v) is 25.1. The number of halogens is 3. The number of amides is 1. The lowest BCUT2D eigenvalue weighted by Gasteiger charge is -2.37. The first-order valence-electron chi connectivity index (χ1n) is 13.5. The van der Waals surface area contributed by atoms with Crippen LogP contribution in [0.1, 0.15) is 48.5 Å². The molecule has 40 heavy (non-hydrogen) atoms. The lowest BCUT2D eigenvalue weighted by atomic mass is 9.81. The van der Waals surface area contributed by atoms with Crippen LogP contribution in [0.15, 0.2) is 76.2 Å². The second-order valence-electron chi connectivity index (χ2n) is 10.1. The molecule has 1 saturated heterocycles. The van der Waals surface area contributed by atoms with Gasteiger partial charge in [0.1, 0.15) is 5.75 Å². The Morgan fingerprint density at radius 1 is 1.05 bits per heavy atom. The third-order valence-electron chi connectivity index (χ3n) is 7.28. The van der Waals surface area contributed by atoms with Crippen molar-refractivity contribution in [3.05, 3.63) is 97.9 Å². The summed E-state index contributed by atoms with van der Waals surface area (Å²) < 4.78 is 13.3. The fraction of sp³-hybridized carbons (Fsp3) is 0.355.